The van der Waals surface area contributed by atoms with E-state index in [9.17, 15) is 13.2 Å². The standard InChI is InChI=1S/C19H20N4O3S2/c1-14-5-7-15(8-6-14)13-18(24)22-9-11-23(12-10-22)28(25,26)17-4-2-3-16-19(17)21-27-20-16/h2-8H,9-13H2,1H3. The summed E-state index contributed by atoms with van der Waals surface area (Å²) in [6.07, 6.45) is 0.330. The first-order valence-electron chi connectivity index (χ1n) is 9.00. The third kappa shape index (κ3) is 3.65. The molecule has 1 saturated heterocycles. The Morgan fingerprint density at radius 2 is 1.75 bits per heavy atom. The summed E-state index contributed by atoms with van der Waals surface area (Å²) in [7, 11) is -3.67. The molecule has 28 heavy (non-hydrogen) atoms. The van der Waals surface area contributed by atoms with Gasteiger partial charge in [0.25, 0.3) is 0 Å². The fraction of sp³-hybridized carbons (Fsp3) is 0.316. The number of aromatic nitrogens is 2. The topological polar surface area (TPSA) is 83.5 Å². The van der Waals surface area contributed by atoms with Crippen LogP contribution in [0, 0.1) is 6.92 Å². The highest BCUT2D eigenvalue weighted by molar-refractivity contribution is 7.89. The van der Waals surface area contributed by atoms with Crippen molar-refractivity contribution in [3.63, 3.8) is 0 Å². The monoisotopic (exact) mass is 416 g/mol. The van der Waals surface area contributed by atoms with Crippen LogP contribution < -0.4 is 0 Å². The van der Waals surface area contributed by atoms with Gasteiger partial charge in [0, 0.05) is 26.2 Å². The second-order valence-electron chi connectivity index (χ2n) is 6.84. The maximum absolute atomic E-state index is 13.1. The molecule has 0 saturated carbocycles. The number of fused-ring (bicyclic) bond motifs is 1. The lowest BCUT2D eigenvalue weighted by atomic mass is 10.1. The van der Waals surface area contributed by atoms with Gasteiger partial charge in [-0.25, -0.2) is 8.42 Å². The van der Waals surface area contributed by atoms with Crippen molar-refractivity contribution in [3.8, 4) is 0 Å². The minimum absolute atomic E-state index is 0.0201. The Kier molecular flexibility index (Phi) is 5.13. The summed E-state index contributed by atoms with van der Waals surface area (Å²) >= 11 is 1.000. The van der Waals surface area contributed by atoms with E-state index in [1.807, 2.05) is 31.2 Å². The Labute approximate surface area is 168 Å². The minimum atomic E-state index is -3.67. The molecule has 0 spiro atoms. The van der Waals surface area contributed by atoms with Crippen molar-refractivity contribution in [1.82, 2.24) is 18.0 Å². The Hall–Kier alpha value is -2.36. The number of aryl methyl sites for hydroxylation is 1. The molecule has 0 unspecified atom stereocenters. The molecule has 1 aromatic heterocycles. The van der Waals surface area contributed by atoms with E-state index in [1.165, 1.54) is 4.31 Å². The van der Waals surface area contributed by atoms with E-state index < -0.39 is 10.0 Å². The smallest absolute Gasteiger partial charge is 0.245 e. The quantitative estimate of drug-likeness (QED) is 0.650. The van der Waals surface area contributed by atoms with Crippen LogP contribution in [0.5, 0.6) is 0 Å². The van der Waals surface area contributed by atoms with Crippen molar-refractivity contribution in [3.05, 3.63) is 53.6 Å². The second kappa shape index (κ2) is 7.57. The molecule has 1 amide bonds. The first kappa shape index (κ1) is 19.0. The van der Waals surface area contributed by atoms with Crippen LogP contribution in [0.25, 0.3) is 11.0 Å². The maximum atomic E-state index is 13.1. The molecular weight excluding hydrogens is 396 g/mol. The minimum Gasteiger partial charge on any atom is -0.340 e. The molecule has 0 aliphatic carbocycles. The lowest BCUT2D eigenvalue weighted by Gasteiger charge is -2.34. The van der Waals surface area contributed by atoms with E-state index in [-0.39, 0.29) is 23.9 Å². The van der Waals surface area contributed by atoms with Gasteiger partial charge in [-0.15, -0.1) is 0 Å². The van der Waals surface area contributed by atoms with Gasteiger partial charge in [-0.3, -0.25) is 4.79 Å². The molecule has 4 rings (SSSR count). The Morgan fingerprint density at radius 3 is 2.46 bits per heavy atom. The van der Waals surface area contributed by atoms with Crippen LogP contribution in [0.2, 0.25) is 0 Å². The molecule has 2 heterocycles. The SMILES string of the molecule is Cc1ccc(CC(=O)N2CCN(S(=O)(=O)c3cccc4nsnc34)CC2)cc1. The number of nitrogens with zero attached hydrogens (tertiary/aromatic N) is 4. The highest BCUT2D eigenvalue weighted by Crippen LogP contribution is 2.25. The van der Waals surface area contributed by atoms with Gasteiger partial charge in [0.1, 0.15) is 15.9 Å². The molecule has 3 aromatic rings. The average molecular weight is 417 g/mol. The summed E-state index contributed by atoms with van der Waals surface area (Å²) in [4.78, 5) is 14.5. The average Bonchev–Trinajstić information content (AvgIpc) is 3.18. The van der Waals surface area contributed by atoms with Gasteiger partial charge in [-0.1, -0.05) is 35.9 Å². The van der Waals surface area contributed by atoms with Crippen LogP contribution in [0.15, 0.2) is 47.4 Å². The molecule has 0 radical (unpaired) electrons. The fourth-order valence-corrected chi connectivity index (χ4v) is 5.47. The van der Waals surface area contributed by atoms with E-state index in [4.69, 9.17) is 0 Å². The van der Waals surface area contributed by atoms with Gasteiger partial charge in [0.2, 0.25) is 15.9 Å². The molecule has 1 aliphatic heterocycles. The largest absolute Gasteiger partial charge is 0.340 e. The van der Waals surface area contributed by atoms with Crippen LogP contribution in [0.1, 0.15) is 11.1 Å². The normalized spacial score (nSPS) is 15.8. The summed E-state index contributed by atoms with van der Waals surface area (Å²) in [6, 6.07) is 12.9. The van der Waals surface area contributed by atoms with Crippen molar-refractivity contribution in [2.45, 2.75) is 18.2 Å². The fourth-order valence-electron chi connectivity index (χ4n) is 3.30. The summed E-state index contributed by atoms with van der Waals surface area (Å²) < 4.78 is 35.8. The first-order valence-corrected chi connectivity index (χ1v) is 11.2. The second-order valence-corrected chi connectivity index (χ2v) is 9.27. The van der Waals surface area contributed by atoms with Crippen molar-refractivity contribution < 1.29 is 13.2 Å². The van der Waals surface area contributed by atoms with Crippen molar-refractivity contribution in [2.75, 3.05) is 26.2 Å². The number of carbonyl (C=O) groups is 1. The number of hydrogen-bond donors (Lipinski definition) is 0. The molecule has 9 heteroatoms. The summed E-state index contributed by atoms with van der Waals surface area (Å²) in [6.45, 7) is 3.32. The number of amides is 1. The predicted molar refractivity (Wildman–Crippen MR) is 108 cm³/mol. The van der Waals surface area contributed by atoms with E-state index in [2.05, 4.69) is 8.75 Å². The van der Waals surface area contributed by atoms with E-state index >= 15 is 0 Å². The van der Waals surface area contributed by atoms with Crippen molar-refractivity contribution in [2.24, 2.45) is 0 Å². The first-order chi connectivity index (χ1) is 13.4. The summed E-state index contributed by atoms with van der Waals surface area (Å²) in [5, 5.41) is 0. The highest BCUT2D eigenvalue weighted by Gasteiger charge is 2.31. The third-order valence-corrected chi connectivity index (χ3v) is 7.41. The van der Waals surface area contributed by atoms with Gasteiger partial charge < -0.3 is 4.90 Å². The molecule has 0 atom stereocenters. The Bertz CT molecular complexity index is 1100. The van der Waals surface area contributed by atoms with Gasteiger partial charge in [-0.05, 0) is 24.6 Å². The molecule has 0 bridgehead atoms. The number of rotatable bonds is 4. The lowest BCUT2D eigenvalue weighted by molar-refractivity contribution is -0.131. The zero-order chi connectivity index (χ0) is 19.7. The van der Waals surface area contributed by atoms with E-state index in [0.717, 1.165) is 22.9 Å². The summed E-state index contributed by atoms with van der Waals surface area (Å²) in [5.74, 6) is 0.0201. The van der Waals surface area contributed by atoms with Crippen molar-refractivity contribution >= 4 is 38.7 Å². The predicted octanol–water partition coefficient (Wildman–Crippen LogP) is 2.08. The van der Waals surface area contributed by atoms with Gasteiger partial charge >= 0.3 is 0 Å². The zero-order valence-corrected chi connectivity index (χ0v) is 17.0. The number of piperazine rings is 1. The van der Waals surface area contributed by atoms with E-state index in [0.29, 0.717) is 30.5 Å². The molecule has 1 fully saturated rings. The number of sulfonamides is 1. The van der Waals surface area contributed by atoms with Crippen LogP contribution >= 0.6 is 11.7 Å². The molecule has 1 aliphatic rings. The highest BCUT2D eigenvalue weighted by atomic mass is 32.2. The third-order valence-electron chi connectivity index (χ3n) is 4.93. The maximum Gasteiger partial charge on any atom is 0.245 e. The molecule has 7 nitrogen and oxygen atoms in total. The van der Waals surface area contributed by atoms with Crippen LogP contribution in [-0.4, -0.2) is 58.5 Å². The zero-order valence-electron chi connectivity index (χ0n) is 15.4. The van der Waals surface area contributed by atoms with Crippen LogP contribution in [0.4, 0.5) is 0 Å². The summed E-state index contributed by atoms with van der Waals surface area (Å²) in [5.41, 5.74) is 3.11. The molecule has 146 valence electrons. The Morgan fingerprint density at radius 1 is 1.04 bits per heavy atom. The van der Waals surface area contributed by atoms with Gasteiger partial charge in [0.05, 0.1) is 18.1 Å². The van der Waals surface area contributed by atoms with Gasteiger partial charge in [0.15, 0.2) is 0 Å². The molecular formula is C19H20N4O3S2. The number of carbonyl (C=O) groups excluding carboxylic acids is 1. The van der Waals surface area contributed by atoms with Crippen LogP contribution in [-0.2, 0) is 21.2 Å². The van der Waals surface area contributed by atoms with Gasteiger partial charge in [-0.2, -0.15) is 13.1 Å². The number of hydrogen-bond acceptors (Lipinski definition) is 6. The number of benzene rings is 2. The van der Waals surface area contributed by atoms with Crippen LogP contribution in [0.3, 0.4) is 0 Å². The van der Waals surface area contributed by atoms with Crippen molar-refractivity contribution in [1.29, 1.82) is 0 Å². The molecule has 2 aromatic carbocycles. The Balaban J connectivity index is 1.44. The lowest BCUT2D eigenvalue weighted by Crippen LogP contribution is -2.50. The van der Waals surface area contributed by atoms with E-state index in [1.54, 1.807) is 23.1 Å². The molecule has 0 N–H and O–H groups in total.